The molecule has 1 heterocycles. The molecule has 3 N–H and O–H groups in total. The molecule has 0 saturated carbocycles. The highest BCUT2D eigenvalue weighted by atomic mass is 79.9. The summed E-state index contributed by atoms with van der Waals surface area (Å²) in [5, 5.41) is 3.36. The lowest BCUT2D eigenvalue weighted by molar-refractivity contribution is 0.233. The van der Waals surface area contributed by atoms with Crippen LogP contribution in [-0.4, -0.2) is 37.6 Å². The maximum atomic E-state index is 6.20. The summed E-state index contributed by atoms with van der Waals surface area (Å²) in [5.41, 5.74) is 7.43. The molecule has 1 saturated heterocycles. The minimum atomic E-state index is 0.151. The molecule has 0 spiro atoms. The van der Waals surface area contributed by atoms with Gasteiger partial charge in [-0.05, 0) is 24.1 Å². The van der Waals surface area contributed by atoms with Crippen molar-refractivity contribution >= 4 is 15.9 Å². The Hall–Kier alpha value is -0.420. The maximum absolute atomic E-state index is 6.20. The summed E-state index contributed by atoms with van der Waals surface area (Å²) in [4.78, 5) is 2.48. The Labute approximate surface area is 111 Å². The highest BCUT2D eigenvalue weighted by molar-refractivity contribution is 9.10. The fourth-order valence-corrected chi connectivity index (χ4v) is 2.40. The molecule has 1 fully saturated rings. The third-order valence-corrected chi connectivity index (χ3v) is 3.79. The van der Waals surface area contributed by atoms with Gasteiger partial charge >= 0.3 is 0 Å². The molecule has 0 radical (unpaired) electrons. The van der Waals surface area contributed by atoms with Crippen LogP contribution in [0.3, 0.4) is 0 Å². The molecule has 1 aromatic rings. The van der Waals surface area contributed by atoms with E-state index in [4.69, 9.17) is 5.73 Å². The van der Waals surface area contributed by atoms with Crippen LogP contribution in [-0.2, 0) is 0 Å². The molecule has 1 unspecified atom stereocenters. The molecule has 1 atom stereocenters. The fourth-order valence-electron chi connectivity index (χ4n) is 2.13. The van der Waals surface area contributed by atoms with Gasteiger partial charge in [-0.15, -0.1) is 0 Å². The number of benzene rings is 1. The molecule has 0 amide bonds. The molecule has 2 rings (SSSR count). The third kappa shape index (κ3) is 4.07. The largest absolute Gasteiger partial charge is 0.324 e. The van der Waals surface area contributed by atoms with Crippen LogP contribution in [0, 0.1) is 0 Å². The van der Waals surface area contributed by atoms with Crippen molar-refractivity contribution < 1.29 is 0 Å². The number of hydrogen-bond acceptors (Lipinski definition) is 3. The summed E-state index contributed by atoms with van der Waals surface area (Å²) < 4.78 is 1.11. The van der Waals surface area contributed by atoms with Crippen molar-refractivity contribution in [2.24, 2.45) is 5.73 Å². The van der Waals surface area contributed by atoms with E-state index in [0.717, 1.165) is 43.6 Å². The lowest BCUT2D eigenvalue weighted by atomic mass is 10.0. The van der Waals surface area contributed by atoms with Gasteiger partial charge in [0, 0.05) is 43.2 Å². The summed E-state index contributed by atoms with van der Waals surface area (Å²) in [5.74, 6) is 0. The van der Waals surface area contributed by atoms with Crippen LogP contribution < -0.4 is 11.1 Å². The van der Waals surface area contributed by atoms with Crippen LogP contribution in [0.1, 0.15) is 18.0 Å². The molecular formula is C13H20BrN3. The van der Waals surface area contributed by atoms with Crippen molar-refractivity contribution in [3.05, 3.63) is 34.3 Å². The maximum Gasteiger partial charge on any atom is 0.0307 e. The van der Waals surface area contributed by atoms with Crippen molar-refractivity contribution in [1.82, 2.24) is 10.2 Å². The number of nitrogens with two attached hydrogens (primary N) is 1. The van der Waals surface area contributed by atoms with Gasteiger partial charge in [0.2, 0.25) is 0 Å². The summed E-state index contributed by atoms with van der Waals surface area (Å²) in [6.07, 6.45) is 1.03. The van der Waals surface area contributed by atoms with E-state index in [1.807, 2.05) is 0 Å². The first-order chi connectivity index (χ1) is 8.25. The summed E-state index contributed by atoms with van der Waals surface area (Å²) in [7, 11) is 0. The first-order valence-electron chi connectivity index (χ1n) is 6.20. The van der Waals surface area contributed by atoms with Crippen LogP contribution in [0.5, 0.6) is 0 Å². The standard InChI is InChI=1S/C13H20BrN3/c14-12-3-1-11(2-4-12)13(15)5-8-17-9-6-16-7-10-17/h1-4,13,16H,5-10,15H2. The van der Waals surface area contributed by atoms with E-state index >= 15 is 0 Å². The molecule has 0 bridgehead atoms. The third-order valence-electron chi connectivity index (χ3n) is 3.26. The van der Waals surface area contributed by atoms with E-state index in [9.17, 15) is 0 Å². The number of hydrogen-bond donors (Lipinski definition) is 2. The quantitative estimate of drug-likeness (QED) is 0.890. The van der Waals surface area contributed by atoms with Crippen LogP contribution >= 0.6 is 15.9 Å². The first kappa shape index (κ1) is 13.0. The molecule has 3 nitrogen and oxygen atoms in total. The van der Waals surface area contributed by atoms with Crippen molar-refractivity contribution in [2.75, 3.05) is 32.7 Å². The fraction of sp³-hybridized carbons (Fsp3) is 0.538. The second-order valence-electron chi connectivity index (χ2n) is 4.54. The monoisotopic (exact) mass is 297 g/mol. The molecule has 0 aromatic heterocycles. The molecule has 1 aliphatic rings. The topological polar surface area (TPSA) is 41.3 Å². The van der Waals surface area contributed by atoms with Gasteiger partial charge in [0.1, 0.15) is 0 Å². The number of nitrogens with zero attached hydrogens (tertiary/aromatic N) is 1. The zero-order valence-electron chi connectivity index (χ0n) is 10.0. The van der Waals surface area contributed by atoms with E-state index in [0.29, 0.717) is 0 Å². The Morgan fingerprint density at radius 1 is 1.24 bits per heavy atom. The van der Waals surface area contributed by atoms with Gasteiger partial charge in [0.05, 0.1) is 0 Å². The summed E-state index contributed by atoms with van der Waals surface area (Å²) in [6.45, 7) is 5.60. The molecular weight excluding hydrogens is 278 g/mol. The first-order valence-corrected chi connectivity index (χ1v) is 6.99. The normalized spacial score (nSPS) is 19.2. The Morgan fingerprint density at radius 3 is 2.53 bits per heavy atom. The minimum Gasteiger partial charge on any atom is -0.324 e. The van der Waals surface area contributed by atoms with Gasteiger partial charge in [-0.2, -0.15) is 0 Å². The summed E-state index contributed by atoms with van der Waals surface area (Å²) >= 11 is 3.44. The number of halogens is 1. The highest BCUT2D eigenvalue weighted by Crippen LogP contribution is 2.17. The van der Waals surface area contributed by atoms with E-state index in [1.54, 1.807) is 0 Å². The van der Waals surface area contributed by atoms with Crippen molar-refractivity contribution in [2.45, 2.75) is 12.5 Å². The zero-order valence-corrected chi connectivity index (χ0v) is 11.6. The predicted molar refractivity (Wildman–Crippen MR) is 75.0 cm³/mol. The van der Waals surface area contributed by atoms with Crippen LogP contribution in [0.15, 0.2) is 28.7 Å². The van der Waals surface area contributed by atoms with Gasteiger partial charge in [0.15, 0.2) is 0 Å². The van der Waals surface area contributed by atoms with Gasteiger partial charge in [-0.3, -0.25) is 0 Å². The SMILES string of the molecule is NC(CCN1CCNCC1)c1ccc(Br)cc1. The lowest BCUT2D eigenvalue weighted by Crippen LogP contribution is -2.44. The molecule has 0 aliphatic carbocycles. The second kappa shape index (κ2) is 6.50. The van der Waals surface area contributed by atoms with Crippen LogP contribution in [0.25, 0.3) is 0 Å². The number of nitrogens with one attached hydrogen (secondary N) is 1. The highest BCUT2D eigenvalue weighted by Gasteiger charge is 2.12. The average Bonchev–Trinajstić information content (AvgIpc) is 2.38. The van der Waals surface area contributed by atoms with Crippen LogP contribution in [0.4, 0.5) is 0 Å². The minimum absolute atomic E-state index is 0.151. The van der Waals surface area contributed by atoms with Gasteiger partial charge in [-0.1, -0.05) is 28.1 Å². The molecule has 17 heavy (non-hydrogen) atoms. The number of piperazine rings is 1. The lowest BCUT2D eigenvalue weighted by Gasteiger charge is -2.28. The zero-order chi connectivity index (χ0) is 12.1. The van der Waals surface area contributed by atoms with Crippen molar-refractivity contribution in [1.29, 1.82) is 0 Å². The predicted octanol–water partition coefficient (Wildman–Crippen LogP) is 1.74. The Morgan fingerprint density at radius 2 is 1.88 bits per heavy atom. The van der Waals surface area contributed by atoms with Gasteiger partial charge in [0.25, 0.3) is 0 Å². The Balaban J connectivity index is 1.80. The number of rotatable bonds is 4. The molecule has 1 aliphatic heterocycles. The van der Waals surface area contributed by atoms with E-state index in [1.165, 1.54) is 5.56 Å². The van der Waals surface area contributed by atoms with E-state index in [-0.39, 0.29) is 6.04 Å². The second-order valence-corrected chi connectivity index (χ2v) is 5.45. The molecule has 1 aromatic carbocycles. The van der Waals surface area contributed by atoms with Crippen molar-refractivity contribution in [3.8, 4) is 0 Å². The summed E-state index contributed by atoms with van der Waals surface area (Å²) in [6, 6.07) is 8.47. The Kier molecular flexibility index (Phi) is 4.98. The van der Waals surface area contributed by atoms with E-state index < -0.39 is 0 Å². The molecule has 94 valence electrons. The Bertz CT molecular complexity index is 333. The van der Waals surface area contributed by atoms with Gasteiger partial charge in [-0.25, -0.2) is 0 Å². The van der Waals surface area contributed by atoms with Crippen molar-refractivity contribution in [3.63, 3.8) is 0 Å². The smallest absolute Gasteiger partial charge is 0.0307 e. The van der Waals surface area contributed by atoms with E-state index in [2.05, 4.69) is 50.4 Å². The van der Waals surface area contributed by atoms with Gasteiger partial charge < -0.3 is 16.0 Å². The average molecular weight is 298 g/mol. The molecule has 4 heteroatoms. The van der Waals surface area contributed by atoms with Crippen LogP contribution in [0.2, 0.25) is 0 Å².